The lowest BCUT2D eigenvalue weighted by molar-refractivity contribution is 0.0938. The lowest BCUT2D eigenvalue weighted by Gasteiger charge is -2.30. The third-order valence-electron chi connectivity index (χ3n) is 3.65. The van der Waals surface area contributed by atoms with E-state index in [9.17, 15) is 17.6 Å². The molecule has 0 aromatic heterocycles. The maximum atomic E-state index is 13.7. The summed E-state index contributed by atoms with van der Waals surface area (Å²) < 4.78 is 38.9. The summed E-state index contributed by atoms with van der Waals surface area (Å²) in [6.45, 7) is 0.828. The molecule has 0 radical (unpaired) electrons. The molecule has 0 spiro atoms. The molecule has 1 atom stereocenters. The van der Waals surface area contributed by atoms with Crippen LogP contribution in [0.4, 0.5) is 4.39 Å². The van der Waals surface area contributed by atoms with Crippen LogP contribution in [0.1, 0.15) is 29.6 Å². The van der Waals surface area contributed by atoms with Crippen molar-refractivity contribution in [2.45, 2.75) is 19.3 Å². The fourth-order valence-corrected chi connectivity index (χ4v) is 3.88. The van der Waals surface area contributed by atoms with E-state index in [0.717, 1.165) is 12.8 Å². The Kier molecular flexibility index (Phi) is 5.16. The normalized spacial score (nSPS) is 20.4. The van der Waals surface area contributed by atoms with Crippen LogP contribution in [0.5, 0.6) is 0 Å². The lowest BCUT2D eigenvalue weighted by atomic mass is 9.92. The topological polar surface area (TPSA) is 54.5 Å². The minimum absolute atomic E-state index is 0.0562. The van der Waals surface area contributed by atoms with Crippen LogP contribution in [0.25, 0.3) is 0 Å². The molecule has 0 aliphatic carbocycles. The minimum atomic E-state index is -3.23. The number of halogens is 2. The molecule has 2 rings (SSSR count). The van der Waals surface area contributed by atoms with E-state index >= 15 is 0 Å². The maximum absolute atomic E-state index is 13.7. The largest absolute Gasteiger partial charge is 0.294 e. The van der Waals surface area contributed by atoms with Gasteiger partial charge in [0.2, 0.25) is 10.0 Å². The Balaban J connectivity index is 2.07. The molecular weight excluding hydrogens is 361 g/mol. The summed E-state index contributed by atoms with van der Waals surface area (Å²) in [7, 11) is -3.23. The Morgan fingerprint density at radius 3 is 2.86 bits per heavy atom. The minimum Gasteiger partial charge on any atom is -0.294 e. The molecule has 1 heterocycles. The van der Waals surface area contributed by atoms with Gasteiger partial charge in [-0.25, -0.2) is 17.1 Å². The Morgan fingerprint density at radius 1 is 1.48 bits per heavy atom. The predicted molar refractivity (Wildman–Crippen MR) is 82.2 cm³/mol. The monoisotopic (exact) mass is 377 g/mol. The molecule has 21 heavy (non-hydrogen) atoms. The summed E-state index contributed by atoms with van der Waals surface area (Å²) in [5.74, 6) is -0.882. The second-order valence-electron chi connectivity index (χ2n) is 5.38. The number of rotatable bonds is 4. The van der Waals surface area contributed by atoms with E-state index < -0.39 is 15.8 Å². The van der Waals surface area contributed by atoms with Crippen LogP contribution in [0.15, 0.2) is 22.7 Å². The van der Waals surface area contributed by atoms with E-state index in [4.69, 9.17) is 0 Å². The van der Waals surface area contributed by atoms with Crippen LogP contribution in [0.2, 0.25) is 0 Å². The zero-order valence-corrected chi connectivity index (χ0v) is 14.1. The first-order chi connectivity index (χ1) is 9.77. The highest BCUT2D eigenvalue weighted by atomic mass is 79.9. The average Bonchev–Trinajstić information content (AvgIpc) is 2.41. The van der Waals surface area contributed by atoms with Crippen molar-refractivity contribution in [1.82, 2.24) is 4.31 Å². The second-order valence-corrected chi connectivity index (χ2v) is 8.28. The summed E-state index contributed by atoms with van der Waals surface area (Å²) >= 11 is 3.22. The molecule has 0 amide bonds. The molecule has 0 bridgehead atoms. The molecule has 4 nitrogen and oxygen atoms in total. The van der Waals surface area contributed by atoms with Crippen LogP contribution < -0.4 is 0 Å². The molecule has 1 aromatic carbocycles. The van der Waals surface area contributed by atoms with E-state index in [2.05, 4.69) is 15.9 Å². The quantitative estimate of drug-likeness (QED) is 0.758. The first kappa shape index (κ1) is 16.6. The van der Waals surface area contributed by atoms with Crippen molar-refractivity contribution in [1.29, 1.82) is 0 Å². The molecule has 1 aliphatic rings. The predicted octanol–water partition coefficient (Wildman–Crippen LogP) is 2.83. The number of benzene rings is 1. The summed E-state index contributed by atoms with van der Waals surface area (Å²) in [6.07, 6.45) is 2.85. The third-order valence-corrected chi connectivity index (χ3v) is 5.42. The van der Waals surface area contributed by atoms with E-state index in [1.54, 1.807) is 0 Å². The SMILES string of the molecule is CS(=O)(=O)N1CCCC(CC(=O)c2cc(Br)ccc2F)C1. The summed E-state index contributed by atoms with van der Waals surface area (Å²) in [5, 5.41) is 0. The summed E-state index contributed by atoms with van der Waals surface area (Å²) in [5.41, 5.74) is 0.0563. The van der Waals surface area contributed by atoms with Gasteiger partial charge in [0.1, 0.15) is 5.82 Å². The van der Waals surface area contributed by atoms with E-state index in [1.165, 1.54) is 28.8 Å². The Morgan fingerprint density at radius 2 is 2.19 bits per heavy atom. The molecular formula is C14H17BrFNO3S. The highest BCUT2D eigenvalue weighted by Gasteiger charge is 2.28. The van der Waals surface area contributed by atoms with Gasteiger partial charge in [0.25, 0.3) is 0 Å². The van der Waals surface area contributed by atoms with E-state index in [1.807, 2.05) is 0 Å². The number of hydrogen-bond donors (Lipinski definition) is 0. The number of piperidine rings is 1. The van der Waals surface area contributed by atoms with Crippen molar-refractivity contribution >= 4 is 31.7 Å². The van der Waals surface area contributed by atoms with Gasteiger partial charge in [0, 0.05) is 24.0 Å². The van der Waals surface area contributed by atoms with Gasteiger partial charge in [0.15, 0.2) is 5.78 Å². The van der Waals surface area contributed by atoms with Gasteiger partial charge in [-0.2, -0.15) is 0 Å². The van der Waals surface area contributed by atoms with Crippen molar-refractivity contribution in [2.75, 3.05) is 19.3 Å². The van der Waals surface area contributed by atoms with Crippen LogP contribution in [-0.4, -0.2) is 37.9 Å². The summed E-state index contributed by atoms with van der Waals surface area (Å²) in [4.78, 5) is 12.2. The average molecular weight is 378 g/mol. The van der Waals surface area contributed by atoms with Crippen LogP contribution in [0, 0.1) is 11.7 Å². The maximum Gasteiger partial charge on any atom is 0.211 e. The number of ketones is 1. The number of nitrogens with zero attached hydrogens (tertiary/aromatic N) is 1. The molecule has 1 unspecified atom stereocenters. The number of hydrogen-bond acceptors (Lipinski definition) is 3. The van der Waals surface area contributed by atoms with Gasteiger partial charge < -0.3 is 0 Å². The first-order valence-electron chi connectivity index (χ1n) is 6.71. The Labute approximate surface area is 132 Å². The number of carbonyl (C=O) groups excluding carboxylic acids is 1. The van der Waals surface area contributed by atoms with E-state index in [0.29, 0.717) is 17.6 Å². The number of Topliss-reactive ketones (excluding diaryl/α,β-unsaturated/α-hetero) is 1. The van der Waals surface area contributed by atoms with Gasteiger partial charge >= 0.3 is 0 Å². The fourth-order valence-electron chi connectivity index (χ4n) is 2.58. The number of carbonyl (C=O) groups is 1. The Bertz CT molecular complexity index is 648. The molecule has 1 saturated heterocycles. The van der Waals surface area contributed by atoms with Crippen molar-refractivity contribution in [3.05, 3.63) is 34.1 Å². The van der Waals surface area contributed by atoms with Gasteiger partial charge in [-0.3, -0.25) is 4.79 Å². The Hall–Kier alpha value is -0.790. The molecule has 1 fully saturated rings. The fraction of sp³-hybridized carbons (Fsp3) is 0.500. The van der Waals surface area contributed by atoms with Gasteiger partial charge in [-0.05, 0) is 37.0 Å². The summed E-state index contributed by atoms with van der Waals surface area (Å²) in [6, 6.07) is 4.26. The third kappa shape index (κ3) is 4.34. The zero-order chi connectivity index (χ0) is 15.6. The molecule has 1 aromatic rings. The molecule has 0 N–H and O–H groups in total. The van der Waals surface area contributed by atoms with Gasteiger partial charge in [-0.1, -0.05) is 15.9 Å². The van der Waals surface area contributed by atoms with Crippen LogP contribution >= 0.6 is 15.9 Å². The van der Waals surface area contributed by atoms with Crippen molar-refractivity contribution in [3.8, 4) is 0 Å². The lowest BCUT2D eigenvalue weighted by Crippen LogP contribution is -2.39. The highest BCUT2D eigenvalue weighted by Crippen LogP contribution is 2.25. The van der Waals surface area contributed by atoms with Crippen molar-refractivity contribution in [2.24, 2.45) is 5.92 Å². The van der Waals surface area contributed by atoms with Crippen LogP contribution in [0.3, 0.4) is 0 Å². The smallest absolute Gasteiger partial charge is 0.211 e. The number of sulfonamides is 1. The van der Waals surface area contributed by atoms with E-state index in [-0.39, 0.29) is 23.7 Å². The van der Waals surface area contributed by atoms with Gasteiger partial charge in [0.05, 0.1) is 11.8 Å². The second kappa shape index (κ2) is 6.54. The molecule has 1 aliphatic heterocycles. The molecule has 7 heteroatoms. The standard InChI is InChI=1S/C14H17BrFNO3S/c1-21(19,20)17-6-2-3-10(9-17)7-14(18)12-8-11(15)4-5-13(12)16/h4-5,8,10H,2-3,6-7,9H2,1H3. The van der Waals surface area contributed by atoms with Gasteiger partial charge in [-0.15, -0.1) is 0 Å². The van der Waals surface area contributed by atoms with Crippen LogP contribution in [-0.2, 0) is 10.0 Å². The first-order valence-corrected chi connectivity index (χ1v) is 9.35. The zero-order valence-electron chi connectivity index (χ0n) is 11.7. The molecule has 116 valence electrons. The van der Waals surface area contributed by atoms with Crippen molar-refractivity contribution in [3.63, 3.8) is 0 Å². The molecule has 0 saturated carbocycles. The highest BCUT2D eigenvalue weighted by molar-refractivity contribution is 9.10. The van der Waals surface area contributed by atoms with Crippen molar-refractivity contribution < 1.29 is 17.6 Å².